The van der Waals surface area contributed by atoms with Gasteiger partial charge in [0.1, 0.15) is 12.1 Å². The lowest BCUT2D eigenvalue weighted by Crippen LogP contribution is -1.76. The van der Waals surface area contributed by atoms with E-state index in [2.05, 4.69) is 0 Å². The van der Waals surface area contributed by atoms with Gasteiger partial charge in [-0.3, -0.25) is 0 Å². The van der Waals surface area contributed by atoms with E-state index in [1.807, 2.05) is 6.92 Å². The number of aldehydes is 1. The minimum Gasteiger partial charge on any atom is -0.303 e. The fraction of sp³-hybridized carbons (Fsp3) is 0.625. The van der Waals surface area contributed by atoms with Crippen LogP contribution in [0.3, 0.4) is 0 Å². The second kappa shape index (κ2) is 6.46. The van der Waals surface area contributed by atoms with Crippen LogP contribution in [0.2, 0.25) is 0 Å². The molecule has 0 bridgehead atoms. The first kappa shape index (κ1) is 9.34. The lowest BCUT2D eigenvalue weighted by Gasteiger charge is -1.89. The molecule has 0 aromatic rings. The van der Waals surface area contributed by atoms with E-state index in [1.54, 1.807) is 0 Å². The highest BCUT2D eigenvalue weighted by Gasteiger charge is 1.90. The first-order valence-electron chi connectivity index (χ1n) is 3.59. The number of unbranched alkanes of at least 4 members (excludes halogenated alkanes) is 2. The molecule has 2 heteroatoms. The van der Waals surface area contributed by atoms with Crippen molar-refractivity contribution in [1.29, 1.82) is 0 Å². The monoisotopic (exact) mass is 144 g/mol. The molecule has 0 aromatic carbocycles. The van der Waals surface area contributed by atoms with Gasteiger partial charge in [0.05, 0.1) is 6.42 Å². The molecule has 0 amide bonds. The number of carbonyl (C=O) groups is 1. The maximum absolute atomic E-state index is 12.4. The van der Waals surface area contributed by atoms with Crippen LogP contribution < -0.4 is 0 Å². The zero-order valence-electron chi connectivity index (χ0n) is 6.27. The zero-order chi connectivity index (χ0) is 7.82. The van der Waals surface area contributed by atoms with E-state index < -0.39 is 0 Å². The fourth-order valence-corrected chi connectivity index (χ4v) is 0.626. The van der Waals surface area contributed by atoms with Crippen LogP contribution in [0.25, 0.3) is 0 Å². The molecule has 0 saturated heterocycles. The highest BCUT2D eigenvalue weighted by Crippen LogP contribution is 2.04. The number of allylic oxidation sites excluding steroid dienone is 2. The molecule has 0 rings (SSSR count). The normalized spacial score (nSPS) is 11.6. The second-order valence-electron chi connectivity index (χ2n) is 2.16. The Morgan fingerprint density at radius 3 is 2.80 bits per heavy atom. The molecule has 0 heterocycles. The molecule has 10 heavy (non-hydrogen) atoms. The molecular weight excluding hydrogens is 131 g/mol. The molecule has 0 fully saturated rings. The van der Waals surface area contributed by atoms with E-state index in [4.69, 9.17) is 0 Å². The SMILES string of the molecule is CCCCC=C(F)CC=O. The fourth-order valence-electron chi connectivity index (χ4n) is 0.626. The molecule has 58 valence electrons. The van der Waals surface area contributed by atoms with E-state index in [9.17, 15) is 9.18 Å². The molecule has 0 radical (unpaired) electrons. The molecule has 0 N–H and O–H groups in total. The molecule has 0 saturated carbocycles. The highest BCUT2D eigenvalue weighted by atomic mass is 19.1. The predicted molar refractivity (Wildman–Crippen MR) is 39.4 cm³/mol. The van der Waals surface area contributed by atoms with Crippen LogP contribution in [-0.4, -0.2) is 6.29 Å². The van der Waals surface area contributed by atoms with Crippen molar-refractivity contribution >= 4 is 6.29 Å². The molecule has 0 unspecified atom stereocenters. The van der Waals surface area contributed by atoms with Crippen LogP contribution in [0.1, 0.15) is 32.6 Å². The third-order valence-electron chi connectivity index (χ3n) is 1.20. The van der Waals surface area contributed by atoms with E-state index in [0.717, 1.165) is 19.3 Å². The Morgan fingerprint density at radius 2 is 2.30 bits per heavy atom. The summed E-state index contributed by atoms with van der Waals surface area (Å²) in [4.78, 5) is 9.77. The first-order chi connectivity index (χ1) is 4.81. The van der Waals surface area contributed by atoms with Crippen molar-refractivity contribution < 1.29 is 9.18 Å². The van der Waals surface area contributed by atoms with Crippen molar-refractivity contribution in [2.75, 3.05) is 0 Å². The van der Waals surface area contributed by atoms with Gasteiger partial charge >= 0.3 is 0 Å². The Morgan fingerprint density at radius 1 is 1.60 bits per heavy atom. The lowest BCUT2D eigenvalue weighted by molar-refractivity contribution is -0.107. The van der Waals surface area contributed by atoms with Gasteiger partial charge in [-0.2, -0.15) is 0 Å². The summed E-state index contributed by atoms with van der Waals surface area (Å²) in [5.74, 6) is -0.302. The quantitative estimate of drug-likeness (QED) is 0.428. The third-order valence-corrected chi connectivity index (χ3v) is 1.20. The van der Waals surface area contributed by atoms with Crippen LogP contribution >= 0.6 is 0 Å². The summed E-state index contributed by atoms with van der Waals surface area (Å²) in [5.41, 5.74) is 0. The number of hydrogen-bond donors (Lipinski definition) is 0. The average molecular weight is 144 g/mol. The maximum atomic E-state index is 12.4. The number of rotatable bonds is 5. The zero-order valence-corrected chi connectivity index (χ0v) is 6.27. The Balaban J connectivity index is 3.37. The second-order valence-corrected chi connectivity index (χ2v) is 2.16. The smallest absolute Gasteiger partial charge is 0.126 e. The highest BCUT2D eigenvalue weighted by molar-refractivity contribution is 5.53. The predicted octanol–water partition coefficient (Wildman–Crippen LogP) is 2.62. The summed E-state index contributed by atoms with van der Waals surface area (Å²) in [7, 11) is 0. The van der Waals surface area contributed by atoms with E-state index in [0.29, 0.717) is 6.29 Å². The molecule has 1 nitrogen and oxygen atoms in total. The van der Waals surface area contributed by atoms with Gasteiger partial charge in [0.25, 0.3) is 0 Å². The summed E-state index contributed by atoms with van der Waals surface area (Å²) in [6, 6.07) is 0. The number of carbonyl (C=O) groups excluding carboxylic acids is 1. The Hall–Kier alpha value is -0.660. The van der Waals surface area contributed by atoms with Crippen LogP contribution in [0, 0.1) is 0 Å². The minimum absolute atomic E-state index is 0.0658. The van der Waals surface area contributed by atoms with Gasteiger partial charge in [-0.25, -0.2) is 4.39 Å². The molecule has 0 atom stereocenters. The number of hydrogen-bond acceptors (Lipinski definition) is 1. The summed E-state index contributed by atoms with van der Waals surface area (Å²) < 4.78 is 12.4. The summed E-state index contributed by atoms with van der Waals surface area (Å²) in [5, 5.41) is 0. The average Bonchev–Trinajstić information content (AvgIpc) is 1.89. The minimum atomic E-state index is -0.302. The van der Waals surface area contributed by atoms with E-state index in [1.165, 1.54) is 6.08 Å². The third kappa shape index (κ3) is 5.48. The van der Waals surface area contributed by atoms with Gasteiger partial charge in [-0.15, -0.1) is 0 Å². The van der Waals surface area contributed by atoms with Crippen molar-refractivity contribution in [1.82, 2.24) is 0 Å². The first-order valence-corrected chi connectivity index (χ1v) is 3.59. The van der Waals surface area contributed by atoms with Crippen molar-refractivity contribution in [2.45, 2.75) is 32.6 Å². The molecule has 0 aliphatic heterocycles. The van der Waals surface area contributed by atoms with Gasteiger partial charge in [-0.05, 0) is 12.8 Å². The Labute approximate surface area is 60.9 Å². The number of halogens is 1. The Bertz CT molecular complexity index is 118. The van der Waals surface area contributed by atoms with Crippen molar-refractivity contribution in [2.24, 2.45) is 0 Å². The van der Waals surface area contributed by atoms with Crippen molar-refractivity contribution in [3.8, 4) is 0 Å². The van der Waals surface area contributed by atoms with Gasteiger partial charge < -0.3 is 4.79 Å². The summed E-state index contributed by atoms with van der Waals surface area (Å²) in [6.45, 7) is 2.05. The van der Waals surface area contributed by atoms with Gasteiger partial charge in [-0.1, -0.05) is 19.4 Å². The summed E-state index contributed by atoms with van der Waals surface area (Å²) in [6.07, 6.45) is 4.80. The van der Waals surface area contributed by atoms with Crippen molar-refractivity contribution in [3.63, 3.8) is 0 Å². The van der Waals surface area contributed by atoms with E-state index >= 15 is 0 Å². The Kier molecular flexibility index (Phi) is 6.03. The molecule has 0 aliphatic carbocycles. The lowest BCUT2D eigenvalue weighted by atomic mass is 10.2. The van der Waals surface area contributed by atoms with Gasteiger partial charge in [0, 0.05) is 0 Å². The standard InChI is InChI=1S/C8H13FO/c1-2-3-4-5-8(9)6-7-10/h5,7H,2-4,6H2,1H3. The van der Waals surface area contributed by atoms with Crippen LogP contribution in [0.5, 0.6) is 0 Å². The molecular formula is C8H13FO. The largest absolute Gasteiger partial charge is 0.303 e. The van der Waals surface area contributed by atoms with Crippen LogP contribution in [0.4, 0.5) is 4.39 Å². The topological polar surface area (TPSA) is 17.1 Å². The van der Waals surface area contributed by atoms with Gasteiger partial charge in [0.15, 0.2) is 0 Å². The van der Waals surface area contributed by atoms with Crippen molar-refractivity contribution in [3.05, 3.63) is 11.9 Å². The van der Waals surface area contributed by atoms with Gasteiger partial charge in [0.2, 0.25) is 0 Å². The maximum Gasteiger partial charge on any atom is 0.126 e. The molecule has 0 aromatic heterocycles. The van der Waals surface area contributed by atoms with E-state index in [-0.39, 0.29) is 12.2 Å². The van der Waals surface area contributed by atoms with Crippen LogP contribution in [-0.2, 0) is 4.79 Å². The molecule has 0 spiro atoms. The summed E-state index contributed by atoms with van der Waals surface area (Å²) >= 11 is 0. The van der Waals surface area contributed by atoms with Crippen LogP contribution in [0.15, 0.2) is 11.9 Å². The molecule has 0 aliphatic rings.